The molecule has 1 heterocycles. The van der Waals surface area contributed by atoms with Crippen LogP contribution >= 0.6 is 12.2 Å². The third-order valence-electron chi connectivity index (χ3n) is 4.47. The average Bonchev–Trinajstić information content (AvgIpc) is 3.07. The lowest BCUT2D eigenvalue weighted by molar-refractivity contribution is 0.798. The van der Waals surface area contributed by atoms with Crippen LogP contribution in [0.5, 0.6) is 0 Å². The number of aromatic nitrogens is 1. The number of nitrogens with one attached hydrogen (secondary N) is 2. The molecule has 0 fully saturated rings. The van der Waals surface area contributed by atoms with Gasteiger partial charge in [0.05, 0.1) is 11.9 Å². The SMILES string of the molecule is Cc1ccc(Cn2cccc2/C=N/NC(=S)Nc2ccc(C)c(C)c2)cc1. The molecule has 1 aromatic heterocycles. The predicted octanol–water partition coefficient (Wildman–Crippen LogP) is 4.78. The zero-order valence-corrected chi connectivity index (χ0v) is 16.7. The second kappa shape index (κ2) is 8.64. The first-order valence-electron chi connectivity index (χ1n) is 8.89. The summed E-state index contributed by atoms with van der Waals surface area (Å²) < 4.78 is 2.15. The summed E-state index contributed by atoms with van der Waals surface area (Å²) in [6.07, 6.45) is 3.83. The van der Waals surface area contributed by atoms with E-state index in [2.05, 4.69) is 77.6 Å². The van der Waals surface area contributed by atoms with Crippen molar-refractivity contribution in [3.05, 3.63) is 88.7 Å². The molecule has 3 aromatic rings. The van der Waals surface area contributed by atoms with Crippen LogP contribution < -0.4 is 10.7 Å². The molecule has 0 radical (unpaired) electrons. The predicted molar refractivity (Wildman–Crippen MR) is 118 cm³/mol. The van der Waals surface area contributed by atoms with Crippen molar-refractivity contribution in [2.45, 2.75) is 27.3 Å². The largest absolute Gasteiger partial charge is 0.342 e. The molecule has 0 saturated heterocycles. The highest BCUT2D eigenvalue weighted by Gasteiger charge is 2.01. The van der Waals surface area contributed by atoms with Gasteiger partial charge in [-0.1, -0.05) is 35.9 Å². The maximum Gasteiger partial charge on any atom is 0.191 e. The van der Waals surface area contributed by atoms with E-state index in [9.17, 15) is 0 Å². The zero-order valence-electron chi connectivity index (χ0n) is 15.9. The van der Waals surface area contributed by atoms with Gasteiger partial charge in [-0.05, 0) is 73.9 Å². The van der Waals surface area contributed by atoms with Crippen LogP contribution in [0.15, 0.2) is 65.9 Å². The van der Waals surface area contributed by atoms with E-state index in [1.165, 1.54) is 22.3 Å². The van der Waals surface area contributed by atoms with Gasteiger partial charge in [0.2, 0.25) is 0 Å². The quantitative estimate of drug-likeness (QED) is 0.382. The number of aryl methyl sites for hydroxylation is 3. The molecule has 0 spiro atoms. The zero-order chi connectivity index (χ0) is 19.2. The van der Waals surface area contributed by atoms with Gasteiger partial charge in [-0.15, -0.1) is 0 Å². The molecule has 0 bridgehead atoms. The molecule has 2 aromatic carbocycles. The summed E-state index contributed by atoms with van der Waals surface area (Å²) in [5.74, 6) is 0. The molecule has 3 rings (SSSR count). The van der Waals surface area contributed by atoms with Crippen LogP contribution in [0.1, 0.15) is 27.9 Å². The van der Waals surface area contributed by atoms with E-state index < -0.39 is 0 Å². The summed E-state index contributed by atoms with van der Waals surface area (Å²) >= 11 is 5.31. The standard InChI is InChI=1S/C22H24N4S/c1-16-6-9-19(10-7-16)15-26-12-4-5-21(26)14-23-25-22(27)24-20-11-8-17(2)18(3)13-20/h4-14H,15H2,1-3H3,(H2,24,25,27)/b23-14+. The van der Waals surface area contributed by atoms with Crippen molar-refractivity contribution in [2.75, 3.05) is 5.32 Å². The Labute approximate surface area is 165 Å². The van der Waals surface area contributed by atoms with Gasteiger partial charge in [0.15, 0.2) is 5.11 Å². The molecule has 0 saturated carbocycles. The first kappa shape index (κ1) is 18.9. The van der Waals surface area contributed by atoms with E-state index in [0.29, 0.717) is 5.11 Å². The van der Waals surface area contributed by atoms with Gasteiger partial charge < -0.3 is 9.88 Å². The van der Waals surface area contributed by atoms with Crippen LogP contribution in [0.3, 0.4) is 0 Å². The minimum atomic E-state index is 0.464. The van der Waals surface area contributed by atoms with Crippen LogP contribution in [-0.4, -0.2) is 15.9 Å². The maximum atomic E-state index is 5.31. The van der Waals surface area contributed by atoms with Crippen LogP contribution in [0.4, 0.5) is 5.69 Å². The van der Waals surface area contributed by atoms with Crippen molar-refractivity contribution < 1.29 is 0 Å². The lowest BCUT2D eigenvalue weighted by Crippen LogP contribution is -2.24. The first-order valence-corrected chi connectivity index (χ1v) is 9.30. The Morgan fingerprint density at radius 1 is 1.04 bits per heavy atom. The van der Waals surface area contributed by atoms with Gasteiger partial charge in [-0.25, -0.2) is 0 Å². The molecule has 2 N–H and O–H groups in total. The number of rotatable bonds is 5. The van der Waals surface area contributed by atoms with Crippen molar-refractivity contribution >= 4 is 29.2 Å². The highest BCUT2D eigenvalue weighted by atomic mass is 32.1. The monoisotopic (exact) mass is 376 g/mol. The first-order chi connectivity index (χ1) is 13.0. The fourth-order valence-corrected chi connectivity index (χ4v) is 2.88. The van der Waals surface area contributed by atoms with E-state index >= 15 is 0 Å². The van der Waals surface area contributed by atoms with Gasteiger partial charge in [0, 0.05) is 18.4 Å². The molecule has 0 aliphatic heterocycles. The average molecular weight is 377 g/mol. The molecule has 0 aliphatic rings. The van der Waals surface area contributed by atoms with Crippen LogP contribution in [-0.2, 0) is 6.54 Å². The van der Waals surface area contributed by atoms with Crippen molar-refractivity contribution in [2.24, 2.45) is 5.10 Å². The van der Waals surface area contributed by atoms with Crippen molar-refractivity contribution in [1.29, 1.82) is 0 Å². The second-order valence-corrected chi connectivity index (χ2v) is 7.08. The molecule has 138 valence electrons. The Morgan fingerprint density at radius 3 is 2.56 bits per heavy atom. The molecular weight excluding hydrogens is 352 g/mol. The topological polar surface area (TPSA) is 41.4 Å². The summed E-state index contributed by atoms with van der Waals surface area (Å²) in [6, 6.07) is 18.7. The molecular formula is C22H24N4S. The summed E-state index contributed by atoms with van der Waals surface area (Å²) in [5.41, 5.74) is 9.84. The van der Waals surface area contributed by atoms with E-state index in [1.807, 2.05) is 24.4 Å². The molecule has 0 amide bonds. The fourth-order valence-electron chi connectivity index (χ4n) is 2.71. The molecule has 0 aliphatic carbocycles. The third-order valence-corrected chi connectivity index (χ3v) is 4.66. The van der Waals surface area contributed by atoms with Gasteiger partial charge in [-0.2, -0.15) is 5.10 Å². The molecule has 0 atom stereocenters. The van der Waals surface area contributed by atoms with Gasteiger partial charge in [-0.3, -0.25) is 5.43 Å². The molecule has 4 nitrogen and oxygen atoms in total. The van der Waals surface area contributed by atoms with Crippen molar-refractivity contribution in [3.8, 4) is 0 Å². The van der Waals surface area contributed by atoms with E-state index in [-0.39, 0.29) is 0 Å². The number of anilines is 1. The number of hydrogen-bond donors (Lipinski definition) is 2. The summed E-state index contributed by atoms with van der Waals surface area (Å²) in [6.45, 7) is 7.07. The summed E-state index contributed by atoms with van der Waals surface area (Å²) in [5, 5.41) is 7.88. The maximum absolute atomic E-state index is 5.31. The highest BCUT2D eigenvalue weighted by Crippen LogP contribution is 2.14. The minimum absolute atomic E-state index is 0.464. The summed E-state index contributed by atoms with van der Waals surface area (Å²) in [4.78, 5) is 0. The number of hydrazone groups is 1. The molecule has 27 heavy (non-hydrogen) atoms. The normalized spacial score (nSPS) is 10.9. The van der Waals surface area contributed by atoms with Gasteiger partial charge in [0.25, 0.3) is 0 Å². The van der Waals surface area contributed by atoms with Crippen molar-refractivity contribution in [1.82, 2.24) is 9.99 Å². The Morgan fingerprint density at radius 2 is 1.81 bits per heavy atom. The Balaban J connectivity index is 1.58. The molecule has 0 unspecified atom stereocenters. The second-order valence-electron chi connectivity index (χ2n) is 6.67. The van der Waals surface area contributed by atoms with Crippen LogP contribution in [0, 0.1) is 20.8 Å². The number of benzene rings is 2. The lowest BCUT2D eigenvalue weighted by Gasteiger charge is -2.09. The Kier molecular flexibility index (Phi) is 6.04. The smallest absolute Gasteiger partial charge is 0.191 e. The Bertz CT molecular complexity index is 955. The Hall–Kier alpha value is -2.92. The molecule has 5 heteroatoms. The summed E-state index contributed by atoms with van der Waals surface area (Å²) in [7, 11) is 0. The van der Waals surface area contributed by atoms with E-state index in [1.54, 1.807) is 6.21 Å². The van der Waals surface area contributed by atoms with E-state index in [4.69, 9.17) is 12.2 Å². The van der Waals surface area contributed by atoms with Crippen LogP contribution in [0.25, 0.3) is 0 Å². The minimum Gasteiger partial charge on any atom is -0.342 e. The van der Waals surface area contributed by atoms with Gasteiger partial charge >= 0.3 is 0 Å². The van der Waals surface area contributed by atoms with Crippen LogP contribution in [0.2, 0.25) is 0 Å². The third kappa shape index (κ3) is 5.28. The lowest BCUT2D eigenvalue weighted by atomic mass is 10.1. The van der Waals surface area contributed by atoms with Gasteiger partial charge in [0.1, 0.15) is 0 Å². The number of nitrogens with zero attached hydrogens (tertiary/aromatic N) is 2. The van der Waals surface area contributed by atoms with E-state index in [0.717, 1.165) is 17.9 Å². The highest BCUT2D eigenvalue weighted by molar-refractivity contribution is 7.80. The fraction of sp³-hybridized carbons (Fsp3) is 0.182. The number of hydrogen-bond acceptors (Lipinski definition) is 2. The number of thiocarbonyl (C=S) groups is 1. The van der Waals surface area contributed by atoms with Crippen molar-refractivity contribution in [3.63, 3.8) is 0 Å².